The summed E-state index contributed by atoms with van der Waals surface area (Å²) in [7, 11) is 1.56. The van der Waals surface area contributed by atoms with Crippen LogP contribution in [0.25, 0.3) is 5.32 Å². The third-order valence-corrected chi connectivity index (χ3v) is 7.60. The van der Waals surface area contributed by atoms with Crippen molar-refractivity contribution >= 4 is 34.9 Å². The fraction of sp³-hybridized carbons (Fsp3) is 0.323. The van der Waals surface area contributed by atoms with Crippen LogP contribution in [0.5, 0.6) is 5.75 Å². The predicted octanol–water partition coefficient (Wildman–Crippen LogP) is 6.46. The number of carbonyl (C=O) groups excluding carboxylic acids is 1. The molecule has 1 amide bonds. The Morgan fingerprint density at radius 2 is 1.82 bits per heavy atom. The minimum absolute atomic E-state index is 0. The van der Waals surface area contributed by atoms with Gasteiger partial charge in [0.15, 0.2) is 0 Å². The fourth-order valence-corrected chi connectivity index (χ4v) is 5.24. The van der Waals surface area contributed by atoms with Gasteiger partial charge in [-0.15, -0.1) is 5.69 Å². The van der Waals surface area contributed by atoms with Gasteiger partial charge in [-0.05, 0) is 68.2 Å². The zero-order chi connectivity index (χ0) is 28.0. The fourth-order valence-electron chi connectivity index (χ4n) is 5.07. The van der Waals surface area contributed by atoms with E-state index in [9.17, 15) is 14.7 Å². The number of hydrogen-bond acceptors (Lipinski definition) is 5. The van der Waals surface area contributed by atoms with Crippen LogP contribution in [-0.4, -0.2) is 59.9 Å². The number of aliphatic carboxylic acids is 1. The zero-order valence-electron chi connectivity index (χ0n) is 22.7. The Hall–Kier alpha value is -3.19. The van der Waals surface area contributed by atoms with E-state index in [1.165, 1.54) is 0 Å². The van der Waals surface area contributed by atoms with E-state index < -0.39 is 17.4 Å². The number of carboxylic acids is 1. The van der Waals surface area contributed by atoms with Crippen LogP contribution in [0.2, 0.25) is 5.02 Å². The number of aliphatic imine (C=N–C) groups is 1. The third kappa shape index (κ3) is 6.93. The van der Waals surface area contributed by atoms with Crippen molar-refractivity contribution in [1.29, 1.82) is 0 Å². The van der Waals surface area contributed by atoms with Gasteiger partial charge in [0.1, 0.15) is 11.7 Å². The van der Waals surface area contributed by atoms with Crippen molar-refractivity contribution in [3.8, 4) is 5.75 Å². The molecule has 0 unspecified atom stereocenters. The maximum Gasteiger partial charge on any atom is 0.312 e. The molecule has 1 fully saturated rings. The van der Waals surface area contributed by atoms with Crippen molar-refractivity contribution in [1.82, 2.24) is 4.90 Å². The number of rotatable bonds is 10. The number of likely N-dealkylation sites (tertiary alicyclic amines) is 1. The Morgan fingerprint density at radius 1 is 1.12 bits per heavy atom. The van der Waals surface area contributed by atoms with Crippen molar-refractivity contribution in [2.75, 3.05) is 26.7 Å². The molecule has 9 heteroatoms. The summed E-state index contributed by atoms with van der Waals surface area (Å²) in [5.41, 5.74) is 2.26. The number of methoxy groups -OCH3 is 1. The van der Waals surface area contributed by atoms with Crippen molar-refractivity contribution in [2.45, 2.75) is 38.1 Å². The molecule has 2 atom stereocenters. The monoisotopic (exact) mass is 604 g/mol. The molecule has 0 saturated carbocycles. The number of carbonyl (C=O) groups is 2. The first-order chi connectivity index (χ1) is 18.8. The second-order valence-corrected chi connectivity index (χ2v) is 10.2. The Bertz CT molecular complexity index is 1350. The molecule has 0 bridgehead atoms. The molecule has 3 aromatic rings. The Balaban J connectivity index is 0.00000441. The van der Waals surface area contributed by atoms with Crippen LogP contribution in [0.3, 0.4) is 0 Å². The number of amides is 1. The van der Waals surface area contributed by atoms with Crippen LogP contribution < -0.4 is 4.74 Å². The average molecular weight is 606 g/mol. The summed E-state index contributed by atoms with van der Waals surface area (Å²) in [5, 5.41) is 15.1. The van der Waals surface area contributed by atoms with Crippen LogP contribution in [0.15, 0.2) is 77.8 Å². The van der Waals surface area contributed by atoms with Gasteiger partial charge in [0.05, 0.1) is 30.8 Å². The van der Waals surface area contributed by atoms with Crippen molar-refractivity contribution in [3.05, 3.63) is 99.8 Å². The van der Waals surface area contributed by atoms with Gasteiger partial charge in [0.25, 0.3) is 0 Å². The first-order valence-corrected chi connectivity index (χ1v) is 13.4. The molecule has 1 aliphatic heterocycles. The minimum Gasteiger partial charge on any atom is -0.625 e. The summed E-state index contributed by atoms with van der Waals surface area (Å²) >= 11 is 6.43. The Kier molecular flexibility index (Phi) is 10.9. The van der Waals surface area contributed by atoms with Gasteiger partial charge in [-0.3, -0.25) is 14.7 Å². The minimum atomic E-state index is -0.990. The van der Waals surface area contributed by atoms with Crippen LogP contribution in [0, 0.1) is 0 Å². The molecule has 1 saturated heterocycles. The molecule has 1 heterocycles. The molecule has 7 nitrogen and oxygen atoms in total. The molecule has 1 aliphatic rings. The SMILES string of the molecule is CCN1CCC[C@]1(C)C(=O)[N-]c1ccc(Cl)cc1C(=NC[C@@H](C(=O)O)c1ccc(OC)cc1)c1ccccc1.[Ni]. The largest absolute Gasteiger partial charge is 0.625 e. The molecular formula is C31H33ClN3NiO4-. The molecular weight excluding hydrogens is 573 g/mol. The molecule has 4 rings (SSSR count). The van der Waals surface area contributed by atoms with Crippen LogP contribution in [-0.2, 0) is 26.1 Å². The normalized spacial score (nSPS) is 18.1. The molecule has 0 aliphatic carbocycles. The topological polar surface area (TPSA) is 93.3 Å². The first kappa shape index (κ1) is 31.3. The second kappa shape index (κ2) is 13.9. The van der Waals surface area contributed by atoms with E-state index in [0.717, 1.165) is 31.5 Å². The van der Waals surface area contributed by atoms with Gasteiger partial charge in [0, 0.05) is 27.1 Å². The number of halogens is 1. The average Bonchev–Trinajstić information content (AvgIpc) is 3.34. The predicted molar refractivity (Wildman–Crippen MR) is 155 cm³/mol. The van der Waals surface area contributed by atoms with Gasteiger partial charge in [-0.1, -0.05) is 67.1 Å². The molecule has 40 heavy (non-hydrogen) atoms. The van der Waals surface area contributed by atoms with E-state index in [1.54, 1.807) is 49.6 Å². The van der Waals surface area contributed by atoms with Crippen LogP contribution in [0.1, 0.15) is 49.3 Å². The molecule has 0 radical (unpaired) electrons. The van der Waals surface area contributed by atoms with Crippen molar-refractivity contribution in [2.24, 2.45) is 4.99 Å². The van der Waals surface area contributed by atoms with Crippen molar-refractivity contribution in [3.63, 3.8) is 0 Å². The van der Waals surface area contributed by atoms with Crippen LogP contribution in [0.4, 0.5) is 5.69 Å². The number of benzene rings is 3. The maximum absolute atomic E-state index is 13.5. The van der Waals surface area contributed by atoms with Crippen LogP contribution >= 0.6 is 11.6 Å². The van der Waals surface area contributed by atoms with E-state index >= 15 is 0 Å². The second-order valence-electron chi connectivity index (χ2n) is 9.75. The Morgan fingerprint density at radius 3 is 2.45 bits per heavy atom. The number of carboxylic acid groups (broad SMARTS) is 1. The summed E-state index contributed by atoms with van der Waals surface area (Å²) in [6.45, 7) is 5.60. The molecule has 3 aromatic carbocycles. The smallest absolute Gasteiger partial charge is 0.312 e. The number of ether oxygens (including phenoxy) is 1. The van der Waals surface area contributed by atoms with Crippen molar-refractivity contribution < 1.29 is 35.9 Å². The molecule has 214 valence electrons. The molecule has 1 N–H and O–H groups in total. The maximum atomic E-state index is 13.5. The van der Waals surface area contributed by atoms with E-state index in [0.29, 0.717) is 33.3 Å². The summed E-state index contributed by atoms with van der Waals surface area (Å²) in [4.78, 5) is 32.8. The number of likely N-dealkylation sites (N-methyl/N-ethyl adjacent to an activating group) is 1. The molecule has 0 spiro atoms. The van der Waals surface area contributed by atoms with Gasteiger partial charge in [-0.2, -0.15) is 0 Å². The van der Waals surface area contributed by atoms with Gasteiger partial charge in [-0.25, -0.2) is 0 Å². The number of hydrogen-bond donors (Lipinski definition) is 1. The summed E-state index contributed by atoms with van der Waals surface area (Å²) in [6, 6.07) is 21.5. The summed E-state index contributed by atoms with van der Waals surface area (Å²) in [5.74, 6) is -1.44. The summed E-state index contributed by atoms with van der Waals surface area (Å²) in [6.07, 6.45) is 1.69. The van der Waals surface area contributed by atoms with E-state index in [-0.39, 0.29) is 28.9 Å². The number of nitrogens with zero attached hydrogens (tertiary/aromatic N) is 3. The van der Waals surface area contributed by atoms with E-state index in [1.807, 2.05) is 44.2 Å². The Labute approximate surface area is 250 Å². The van der Waals surface area contributed by atoms with Gasteiger partial charge < -0.3 is 20.0 Å². The van der Waals surface area contributed by atoms with Gasteiger partial charge in [0.2, 0.25) is 0 Å². The summed E-state index contributed by atoms with van der Waals surface area (Å²) < 4.78 is 5.21. The third-order valence-electron chi connectivity index (χ3n) is 7.36. The molecule has 0 aromatic heterocycles. The zero-order valence-corrected chi connectivity index (χ0v) is 24.5. The quantitative estimate of drug-likeness (QED) is 0.212. The van der Waals surface area contributed by atoms with E-state index in [4.69, 9.17) is 21.3 Å². The standard InChI is InChI=1S/C31H34ClN3O4.Ni/c1-4-35-18-8-17-31(35,2)30(38)34-27-16-13-23(32)19-25(27)28(22-9-6-5-7-10-22)33-20-26(29(36)37)21-11-14-24(39-3)15-12-21;/h5-7,9-16,19,26H,4,8,17-18,20H2,1-3H3,(H2,33,34,36,37,38);/p-1/t26-,31-;/m1./s1. The van der Waals surface area contributed by atoms with E-state index in [2.05, 4.69) is 10.2 Å². The first-order valence-electron chi connectivity index (χ1n) is 13.0. The van der Waals surface area contributed by atoms with Gasteiger partial charge >= 0.3 is 5.97 Å².